The Morgan fingerprint density at radius 3 is 2.88 bits per heavy atom. The Bertz CT molecular complexity index is 887. The predicted molar refractivity (Wildman–Crippen MR) is 95.7 cm³/mol. The normalized spacial score (nSPS) is 17.8. The lowest BCUT2D eigenvalue weighted by Crippen LogP contribution is -2.29. The lowest BCUT2D eigenvalue weighted by Gasteiger charge is -2.22. The first-order chi connectivity index (χ1) is 12.4. The fourth-order valence-corrected chi connectivity index (χ4v) is 4.04. The summed E-state index contributed by atoms with van der Waals surface area (Å²) in [6.45, 7) is 2.09. The van der Waals surface area contributed by atoms with Crippen molar-refractivity contribution in [1.82, 2.24) is 29.9 Å². The van der Waals surface area contributed by atoms with Crippen LogP contribution in [-0.2, 0) is 12.8 Å². The molecule has 0 atom stereocenters. The van der Waals surface area contributed by atoms with E-state index in [1.54, 1.807) is 0 Å². The van der Waals surface area contributed by atoms with E-state index in [0.29, 0.717) is 6.04 Å². The number of fused-ring (bicyclic) bond motifs is 1. The summed E-state index contributed by atoms with van der Waals surface area (Å²) in [5.41, 5.74) is 4.95. The molecule has 1 saturated heterocycles. The van der Waals surface area contributed by atoms with E-state index in [-0.39, 0.29) is 0 Å². The summed E-state index contributed by atoms with van der Waals surface area (Å²) in [6.07, 6.45) is 11.7. The highest BCUT2D eigenvalue weighted by Crippen LogP contribution is 2.27. The van der Waals surface area contributed by atoms with Crippen molar-refractivity contribution >= 4 is 0 Å². The number of imidazole rings is 1. The minimum Gasteiger partial charge on any atom is -0.317 e. The van der Waals surface area contributed by atoms with E-state index in [4.69, 9.17) is 0 Å². The van der Waals surface area contributed by atoms with Crippen LogP contribution >= 0.6 is 0 Å². The number of aryl methyl sites for hydroxylation is 2. The van der Waals surface area contributed by atoms with Gasteiger partial charge in [-0.15, -0.1) is 5.10 Å². The van der Waals surface area contributed by atoms with Crippen LogP contribution < -0.4 is 5.32 Å². The second kappa shape index (κ2) is 6.11. The Morgan fingerprint density at radius 1 is 1.08 bits per heavy atom. The minimum absolute atomic E-state index is 0.436. The summed E-state index contributed by atoms with van der Waals surface area (Å²) in [5, 5.41) is 12.2. The number of benzene rings is 1. The second-order valence-corrected chi connectivity index (χ2v) is 6.99. The Balaban J connectivity index is 1.48. The van der Waals surface area contributed by atoms with Crippen LogP contribution in [0, 0.1) is 0 Å². The molecule has 6 heteroatoms. The molecule has 0 amide bonds. The molecule has 128 valence electrons. The summed E-state index contributed by atoms with van der Waals surface area (Å²) in [7, 11) is 0. The average Bonchev–Trinajstić information content (AvgIpc) is 3.40. The molecule has 3 aromatic rings. The molecule has 1 aliphatic heterocycles. The van der Waals surface area contributed by atoms with Crippen LogP contribution in [-0.4, -0.2) is 37.6 Å². The number of rotatable bonds is 3. The van der Waals surface area contributed by atoms with Crippen LogP contribution in [0.2, 0.25) is 0 Å². The third-order valence-corrected chi connectivity index (χ3v) is 5.42. The van der Waals surface area contributed by atoms with E-state index in [2.05, 4.69) is 43.4 Å². The molecule has 2 aromatic heterocycles. The van der Waals surface area contributed by atoms with E-state index in [9.17, 15) is 0 Å². The first-order valence-corrected chi connectivity index (χ1v) is 9.17. The standard InChI is InChI=1S/C19H22N6/c1-2-14-4-5-17(12-15(14)3-1)24-11-10-21-19(24)18-13-25(23-22-18)16-6-8-20-9-7-16/h4-5,10-13,16,20H,1-3,6-9H2. The van der Waals surface area contributed by atoms with Crippen LogP contribution in [0.25, 0.3) is 17.2 Å². The van der Waals surface area contributed by atoms with Crippen molar-refractivity contribution in [1.29, 1.82) is 0 Å². The number of nitrogens with zero attached hydrogens (tertiary/aromatic N) is 5. The molecule has 0 saturated carbocycles. The monoisotopic (exact) mass is 334 g/mol. The fourth-order valence-electron chi connectivity index (χ4n) is 4.04. The predicted octanol–water partition coefficient (Wildman–Crippen LogP) is 2.54. The van der Waals surface area contributed by atoms with Crippen molar-refractivity contribution in [3.63, 3.8) is 0 Å². The maximum atomic E-state index is 4.55. The quantitative estimate of drug-likeness (QED) is 0.800. The molecule has 2 aliphatic rings. The molecule has 0 radical (unpaired) electrons. The second-order valence-electron chi connectivity index (χ2n) is 6.99. The molecule has 0 spiro atoms. The van der Waals surface area contributed by atoms with Crippen LogP contribution in [0.1, 0.15) is 36.4 Å². The number of nitrogens with one attached hydrogen (secondary N) is 1. The molecule has 3 heterocycles. The lowest BCUT2D eigenvalue weighted by atomic mass is 10.1. The average molecular weight is 334 g/mol. The van der Waals surface area contributed by atoms with E-state index in [1.807, 2.05) is 23.3 Å². The lowest BCUT2D eigenvalue weighted by molar-refractivity contribution is 0.337. The van der Waals surface area contributed by atoms with Crippen LogP contribution in [0.15, 0.2) is 36.8 Å². The Kier molecular flexibility index (Phi) is 3.63. The summed E-state index contributed by atoms with van der Waals surface area (Å²) in [5.74, 6) is 0.859. The van der Waals surface area contributed by atoms with E-state index in [1.165, 1.54) is 30.4 Å². The zero-order chi connectivity index (χ0) is 16.6. The van der Waals surface area contributed by atoms with Crippen molar-refractivity contribution in [3.05, 3.63) is 47.9 Å². The first kappa shape index (κ1) is 14.8. The van der Waals surface area contributed by atoms with Crippen molar-refractivity contribution in [3.8, 4) is 17.2 Å². The van der Waals surface area contributed by atoms with Gasteiger partial charge >= 0.3 is 0 Å². The minimum atomic E-state index is 0.436. The number of piperidine rings is 1. The third kappa shape index (κ3) is 2.66. The van der Waals surface area contributed by atoms with E-state index < -0.39 is 0 Å². The van der Waals surface area contributed by atoms with Crippen molar-refractivity contribution in [2.75, 3.05) is 13.1 Å². The molecule has 1 fully saturated rings. The van der Waals surface area contributed by atoms with Crippen molar-refractivity contribution in [2.45, 2.75) is 38.1 Å². The van der Waals surface area contributed by atoms with E-state index in [0.717, 1.165) is 43.1 Å². The highest BCUT2D eigenvalue weighted by molar-refractivity contribution is 5.54. The van der Waals surface area contributed by atoms with E-state index >= 15 is 0 Å². The molecular weight excluding hydrogens is 312 g/mol. The topological polar surface area (TPSA) is 60.6 Å². The highest BCUT2D eigenvalue weighted by Gasteiger charge is 2.19. The molecule has 1 N–H and O–H groups in total. The molecule has 1 aromatic carbocycles. The Morgan fingerprint density at radius 2 is 1.96 bits per heavy atom. The van der Waals surface area contributed by atoms with Gasteiger partial charge in [-0.25, -0.2) is 9.67 Å². The van der Waals surface area contributed by atoms with Gasteiger partial charge in [0, 0.05) is 18.1 Å². The number of hydrogen-bond acceptors (Lipinski definition) is 4. The largest absolute Gasteiger partial charge is 0.317 e. The van der Waals surface area contributed by atoms with Gasteiger partial charge in [0.05, 0.1) is 12.2 Å². The zero-order valence-electron chi connectivity index (χ0n) is 14.2. The Labute approximate surface area is 146 Å². The van der Waals surface area contributed by atoms with Gasteiger partial charge in [0.25, 0.3) is 0 Å². The maximum Gasteiger partial charge on any atom is 0.166 e. The smallest absolute Gasteiger partial charge is 0.166 e. The molecule has 6 nitrogen and oxygen atoms in total. The third-order valence-electron chi connectivity index (χ3n) is 5.42. The summed E-state index contributed by atoms with van der Waals surface area (Å²) >= 11 is 0. The van der Waals surface area contributed by atoms with Gasteiger partial charge in [-0.05, 0) is 68.5 Å². The highest BCUT2D eigenvalue weighted by atomic mass is 15.4. The van der Waals surface area contributed by atoms with Crippen LogP contribution in [0.3, 0.4) is 0 Å². The maximum absolute atomic E-state index is 4.55. The first-order valence-electron chi connectivity index (χ1n) is 9.17. The van der Waals surface area contributed by atoms with Crippen molar-refractivity contribution < 1.29 is 0 Å². The van der Waals surface area contributed by atoms with Crippen LogP contribution in [0.4, 0.5) is 0 Å². The molecule has 0 unspecified atom stereocenters. The van der Waals surface area contributed by atoms with Gasteiger partial charge in [-0.2, -0.15) is 0 Å². The number of hydrogen-bond donors (Lipinski definition) is 1. The summed E-state index contributed by atoms with van der Waals surface area (Å²) < 4.78 is 4.13. The summed E-state index contributed by atoms with van der Waals surface area (Å²) in [4.78, 5) is 4.55. The zero-order valence-corrected chi connectivity index (χ0v) is 14.2. The molecule has 0 bridgehead atoms. The summed E-state index contributed by atoms with van der Waals surface area (Å²) in [6, 6.07) is 7.18. The van der Waals surface area contributed by atoms with Gasteiger partial charge in [0.2, 0.25) is 0 Å². The Hall–Kier alpha value is -2.47. The molecule has 25 heavy (non-hydrogen) atoms. The van der Waals surface area contributed by atoms with Crippen molar-refractivity contribution in [2.24, 2.45) is 0 Å². The van der Waals surface area contributed by atoms with Crippen LogP contribution in [0.5, 0.6) is 0 Å². The van der Waals surface area contributed by atoms with Gasteiger partial charge < -0.3 is 5.32 Å². The van der Waals surface area contributed by atoms with Gasteiger partial charge in [-0.1, -0.05) is 11.3 Å². The van der Waals surface area contributed by atoms with Gasteiger partial charge in [0.1, 0.15) is 5.69 Å². The molecule has 5 rings (SSSR count). The van der Waals surface area contributed by atoms with Gasteiger partial charge in [0.15, 0.2) is 5.82 Å². The molecule has 1 aliphatic carbocycles. The van der Waals surface area contributed by atoms with Gasteiger partial charge in [-0.3, -0.25) is 4.57 Å². The SMILES string of the molecule is c1cn(-c2ccc3c(c2)CCC3)c(-c2cn(C3CCNCC3)nn2)n1. The number of aromatic nitrogens is 5. The fraction of sp³-hybridized carbons (Fsp3) is 0.421. The molecular formula is C19H22N6.